The van der Waals surface area contributed by atoms with Gasteiger partial charge in [0, 0.05) is 5.56 Å². The van der Waals surface area contributed by atoms with Crippen LogP contribution < -0.4 is 0 Å². The second kappa shape index (κ2) is 4.66. The predicted molar refractivity (Wildman–Crippen MR) is 72.3 cm³/mol. The first-order chi connectivity index (χ1) is 9.88. The lowest BCUT2D eigenvalue weighted by Crippen LogP contribution is -2.07. The highest BCUT2D eigenvalue weighted by atomic mass is 35.5. The van der Waals surface area contributed by atoms with Crippen LogP contribution in [0.3, 0.4) is 0 Å². The fourth-order valence-corrected chi connectivity index (χ4v) is 2.39. The Morgan fingerprint density at radius 1 is 1.10 bits per heavy atom. The number of aromatic hydroxyl groups is 1. The van der Waals surface area contributed by atoms with Gasteiger partial charge in [-0.05, 0) is 18.2 Å². The van der Waals surface area contributed by atoms with Gasteiger partial charge in [-0.25, -0.2) is 4.98 Å². The van der Waals surface area contributed by atoms with E-state index in [0.717, 1.165) is 6.07 Å². The molecule has 3 nitrogen and oxygen atoms in total. The molecule has 0 aliphatic heterocycles. The fourth-order valence-electron chi connectivity index (χ4n) is 2.15. The second-order valence-corrected chi connectivity index (χ2v) is 4.77. The van der Waals surface area contributed by atoms with E-state index in [-0.39, 0.29) is 22.3 Å². The third-order valence-corrected chi connectivity index (χ3v) is 3.33. The predicted octanol–water partition coefficient (Wildman–Crippen LogP) is 4.38. The summed E-state index contributed by atoms with van der Waals surface area (Å²) < 4.78 is 40.6. The van der Waals surface area contributed by atoms with Gasteiger partial charge in [0.2, 0.25) is 0 Å². The lowest BCUT2D eigenvalue weighted by Gasteiger charge is -2.11. The number of rotatable bonds is 1. The molecule has 2 aromatic heterocycles. The Morgan fingerprint density at radius 3 is 2.52 bits per heavy atom. The molecule has 2 heterocycles. The Morgan fingerprint density at radius 2 is 1.81 bits per heavy atom. The summed E-state index contributed by atoms with van der Waals surface area (Å²) in [5.41, 5.74) is -0.490. The molecule has 7 heteroatoms. The summed E-state index contributed by atoms with van der Waals surface area (Å²) in [6.07, 6.45) is -3.23. The molecule has 0 aliphatic carbocycles. The van der Waals surface area contributed by atoms with Crippen LogP contribution in [-0.2, 0) is 6.18 Å². The van der Waals surface area contributed by atoms with E-state index in [1.165, 1.54) is 40.9 Å². The molecule has 0 unspecified atom stereocenters. The average molecular weight is 313 g/mol. The lowest BCUT2D eigenvalue weighted by molar-refractivity contribution is -0.137. The Bertz CT molecular complexity index is 827. The van der Waals surface area contributed by atoms with Crippen LogP contribution in [0.5, 0.6) is 5.75 Å². The Kier molecular flexibility index (Phi) is 3.06. The highest BCUT2D eigenvalue weighted by Crippen LogP contribution is 2.37. The van der Waals surface area contributed by atoms with Crippen molar-refractivity contribution in [3.63, 3.8) is 0 Å². The van der Waals surface area contributed by atoms with E-state index in [9.17, 15) is 18.3 Å². The number of fused-ring (bicyclic) bond motifs is 1. The zero-order valence-electron chi connectivity index (χ0n) is 10.4. The largest absolute Gasteiger partial charge is 0.506 e. The maximum atomic E-state index is 13.1. The van der Waals surface area contributed by atoms with Crippen LogP contribution in [0.2, 0.25) is 5.15 Å². The van der Waals surface area contributed by atoms with Crippen molar-refractivity contribution in [3.05, 3.63) is 53.3 Å². The molecule has 0 amide bonds. The Labute approximate surface area is 122 Å². The molecular weight excluding hydrogens is 305 g/mol. The standard InChI is InChI=1S/C14H8ClF3N2O/c15-12-11-6-5-8(21)7-20(11)13(19-12)9-3-1-2-4-10(9)14(16,17)18/h1-7,21H. The molecule has 1 N–H and O–H groups in total. The van der Waals surface area contributed by atoms with E-state index in [0.29, 0.717) is 5.52 Å². The van der Waals surface area contributed by atoms with Gasteiger partial charge in [-0.15, -0.1) is 0 Å². The number of hydrogen-bond donors (Lipinski definition) is 1. The first-order valence-electron chi connectivity index (χ1n) is 5.91. The molecule has 3 rings (SSSR count). The van der Waals surface area contributed by atoms with Crippen LogP contribution in [0.1, 0.15) is 5.56 Å². The first kappa shape index (κ1) is 13.8. The SMILES string of the molecule is Oc1ccc2c(Cl)nc(-c3ccccc3C(F)(F)F)n2c1. The monoisotopic (exact) mass is 312 g/mol. The van der Waals surface area contributed by atoms with Gasteiger partial charge in [0.15, 0.2) is 5.15 Å². The molecule has 0 saturated carbocycles. The molecule has 0 aliphatic rings. The van der Waals surface area contributed by atoms with E-state index >= 15 is 0 Å². The van der Waals surface area contributed by atoms with Crippen molar-refractivity contribution in [2.45, 2.75) is 6.18 Å². The van der Waals surface area contributed by atoms with Crippen molar-refractivity contribution in [1.82, 2.24) is 9.38 Å². The lowest BCUT2D eigenvalue weighted by atomic mass is 10.1. The summed E-state index contributed by atoms with van der Waals surface area (Å²) in [6.45, 7) is 0. The van der Waals surface area contributed by atoms with Gasteiger partial charge in [-0.3, -0.25) is 4.40 Å². The number of pyridine rings is 1. The molecule has 3 aromatic rings. The number of alkyl halides is 3. The van der Waals surface area contributed by atoms with Crippen LogP contribution in [0.15, 0.2) is 42.6 Å². The van der Waals surface area contributed by atoms with Crippen molar-refractivity contribution in [1.29, 1.82) is 0 Å². The molecule has 0 radical (unpaired) electrons. The molecule has 0 saturated heterocycles. The van der Waals surface area contributed by atoms with Crippen molar-refractivity contribution in [3.8, 4) is 17.1 Å². The number of benzene rings is 1. The summed E-state index contributed by atoms with van der Waals surface area (Å²) in [4.78, 5) is 3.99. The van der Waals surface area contributed by atoms with Crippen molar-refractivity contribution < 1.29 is 18.3 Å². The minimum atomic E-state index is -4.51. The van der Waals surface area contributed by atoms with E-state index in [4.69, 9.17) is 11.6 Å². The topological polar surface area (TPSA) is 37.5 Å². The highest BCUT2D eigenvalue weighted by molar-refractivity contribution is 6.32. The van der Waals surface area contributed by atoms with Gasteiger partial charge in [-0.2, -0.15) is 13.2 Å². The third kappa shape index (κ3) is 2.31. The number of nitrogens with zero attached hydrogens (tertiary/aromatic N) is 2. The zero-order valence-corrected chi connectivity index (χ0v) is 11.2. The molecule has 21 heavy (non-hydrogen) atoms. The highest BCUT2D eigenvalue weighted by Gasteiger charge is 2.34. The minimum Gasteiger partial charge on any atom is -0.506 e. The Balaban J connectivity index is 2.34. The van der Waals surface area contributed by atoms with Gasteiger partial charge in [0.05, 0.1) is 17.3 Å². The first-order valence-corrected chi connectivity index (χ1v) is 6.29. The molecule has 1 aromatic carbocycles. The van der Waals surface area contributed by atoms with Gasteiger partial charge >= 0.3 is 6.18 Å². The van der Waals surface area contributed by atoms with Gasteiger partial charge < -0.3 is 5.11 Å². The summed E-state index contributed by atoms with van der Waals surface area (Å²) in [7, 11) is 0. The normalized spacial score (nSPS) is 12.0. The maximum absolute atomic E-state index is 13.1. The number of aromatic nitrogens is 2. The summed E-state index contributed by atoms with van der Waals surface area (Å²) in [6, 6.07) is 7.97. The fraction of sp³-hybridized carbons (Fsp3) is 0.0714. The van der Waals surface area contributed by atoms with Crippen LogP contribution in [0, 0.1) is 0 Å². The zero-order chi connectivity index (χ0) is 15.2. The van der Waals surface area contributed by atoms with Crippen molar-refractivity contribution in [2.24, 2.45) is 0 Å². The van der Waals surface area contributed by atoms with Crippen LogP contribution in [-0.4, -0.2) is 14.5 Å². The van der Waals surface area contributed by atoms with Gasteiger partial charge in [0.25, 0.3) is 0 Å². The number of imidazole rings is 1. The third-order valence-electron chi connectivity index (χ3n) is 3.05. The Hall–Kier alpha value is -2.21. The van der Waals surface area contributed by atoms with Crippen molar-refractivity contribution in [2.75, 3.05) is 0 Å². The molecule has 0 atom stereocenters. The average Bonchev–Trinajstić information content (AvgIpc) is 2.74. The molecular formula is C14H8ClF3N2O. The molecule has 108 valence electrons. The van der Waals surface area contributed by atoms with E-state index < -0.39 is 11.7 Å². The van der Waals surface area contributed by atoms with E-state index in [2.05, 4.69) is 4.98 Å². The smallest absolute Gasteiger partial charge is 0.417 e. The minimum absolute atomic E-state index is 0.0267. The van der Waals surface area contributed by atoms with Crippen LogP contribution in [0.25, 0.3) is 16.9 Å². The van der Waals surface area contributed by atoms with Crippen molar-refractivity contribution >= 4 is 17.1 Å². The van der Waals surface area contributed by atoms with Gasteiger partial charge in [-0.1, -0.05) is 29.8 Å². The number of hydrogen-bond acceptors (Lipinski definition) is 2. The summed E-state index contributed by atoms with van der Waals surface area (Å²) in [5.74, 6) is -0.0684. The van der Waals surface area contributed by atoms with E-state index in [1.54, 1.807) is 0 Å². The second-order valence-electron chi connectivity index (χ2n) is 4.41. The summed E-state index contributed by atoms with van der Waals surface area (Å²) >= 11 is 5.95. The van der Waals surface area contributed by atoms with E-state index in [1.807, 2.05) is 0 Å². The summed E-state index contributed by atoms with van der Waals surface area (Å²) in [5, 5.41) is 9.60. The van der Waals surface area contributed by atoms with Crippen LogP contribution in [0.4, 0.5) is 13.2 Å². The molecule has 0 bridgehead atoms. The van der Waals surface area contributed by atoms with Crippen LogP contribution >= 0.6 is 11.6 Å². The quantitative estimate of drug-likeness (QED) is 0.724. The molecule has 0 fully saturated rings. The maximum Gasteiger partial charge on any atom is 0.417 e. The molecule has 0 spiro atoms. The number of halogens is 4. The van der Waals surface area contributed by atoms with Gasteiger partial charge in [0.1, 0.15) is 11.6 Å².